The van der Waals surface area contributed by atoms with E-state index in [1.165, 1.54) is 0 Å². The lowest BCUT2D eigenvalue weighted by Crippen LogP contribution is -2.51. The molecule has 24 heavy (non-hydrogen) atoms. The van der Waals surface area contributed by atoms with Gasteiger partial charge in [-0.15, -0.1) is 0 Å². The van der Waals surface area contributed by atoms with Crippen LogP contribution >= 0.6 is 0 Å². The Hall–Kier alpha value is -1.40. The summed E-state index contributed by atoms with van der Waals surface area (Å²) >= 11 is 0. The van der Waals surface area contributed by atoms with Crippen LogP contribution in [0, 0.1) is 12.3 Å². The molecular weight excluding hydrogens is 306 g/mol. The van der Waals surface area contributed by atoms with E-state index < -0.39 is 0 Å². The van der Waals surface area contributed by atoms with E-state index in [0.29, 0.717) is 17.7 Å². The monoisotopic (exact) mass is 335 g/mol. The molecule has 1 aromatic rings. The maximum atomic E-state index is 12.2. The number of methoxy groups -OCH3 is 1. The molecule has 0 bridgehead atoms. The number of rotatable bonds is 6. The summed E-state index contributed by atoms with van der Waals surface area (Å²) in [7, 11) is 1.71. The van der Waals surface area contributed by atoms with Crippen molar-refractivity contribution in [3.63, 3.8) is 0 Å². The van der Waals surface area contributed by atoms with Gasteiger partial charge in [-0.25, -0.2) is 0 Å². The lowest BCUT2D eigenvalue weighted by atomic mass is 9.72. The number of ether oxygens (including phenoxy) is 1. The van der Waals surface area contributed by atoms with Gasteiger partial charge in [-0.2, -0.15) is 0 Å². The summed E-state index contributed by atoms with van der Waals surface area (Å²) in [5.74, 6) is 1.26. The molecule has 1 amide bonds. The second-order valence-corrected chi connectivity index (χ2v) is 7.37. The first kappa shape index (κ1) is 17.4. The fourth-order valence-corrected chi connectivity index (χ4v) is 4.01. The molecule has 0 saturated carbocycles. The van der Waals surface area contributed by atoms with Crippen LogP contribution in [0.4, 0.5) is 0 Å². The zero-order valence-electron chi connectivity index (χ0n) is 14.9. The first-order chi connectivity index (χ1) is 11.6. The number of aromatic nitrogens is 1. The van der Waals surface area contributed by atoms with Crippen molar-refractivity contribution in [2.45, 2.75) is 45.6 Å². The molecule has 2 aliphatic heterocycles. The summed E-state index contributed by atoms with van der Waals surface area (Å²) in [4.78, 5) is 16.7. The summed E-state index contributed by atoms with van der Waals surface area (Å²) < 4.78 is 10.5. The van der Waals surface area contributed by atoms with E-state index in [9.17, 15) is 4.79 Å². The van der Waals surface area contributed by atoms with Crippen molar-refractivity contribution in [2.24, 2.45) is 5.41 Å². The Kier molecular flexibility index (Phi) is 5.56. The molecule has 1 aromatic heterocycles. The van der Waals surface area contributed by atoms with Crippen LogP contribution in [-0.2, 0) is 16.1 Å². The lowest BCUT2D eigenvalue weighted by Gasteiger charge is -2.47. The molecule has 2 aliphatic rings. The fourth-order valence-electron chi connectivity index (χ4n) is 4.01. The van der Waals surface area contributed by atoms with E-state index in [0.717, 1.165) is 76.5 Å². The summed E-state index contributed by atoms with van der Waals surface area (Å²) in [5.41, 5.74) is 1.26. The molecule has 0 N–H and O–H groups in total. The average Bonchev–Trinajstić information content (AvgIpc) is 2.99. The minimum atomic E-state index is 0.314. The standard InChI is InChI=1S/C18H29N3O3/c1-15-12-16(24-19-15)13-20-9-6-18(7-10-20)5-4-17(22)21(14-18)8-3-11-23-2/h12H,3-11,13-14H2,1-2H3. The third kappa shape index (κ3) is 4.16. The molecular formula is C18H29N3O3. The maximum Gasteiger partial charge on any atom is 0.222 e. The quantitative estimate of drug-likeness (QED) is 0.746. The zero-order chi connectivity index (χ0) is 17.0. The van der Waals surface area contributed by atoms with Gasteiger partial charge in [0.15, 0.2) is 5.76 Å². The molecule has 3 rings (SSSR count). The Bertz CT molecular complexity index is 549. The molecule has 1 spiro atoms. The predicted octanol–water partition coefficient (Wildman–Crippen LogP) is 2.22. The molecule has 0 unspecified atom stereocenters. The molecule has 0 aliphatic carbocycles. The van der Waals surface area contributed by atoms with Gasteiger partial charge in [0, 0.05) is 39.3 Å². The second-order valence-electron chi connectivity index (χ2n) is 7.37. The zero-order valence-corrected chi connectivity index (χ0v) is 14.9. The van der Waals surface area contributed by atoms with Crippen molar-refractivity contribution >= 4 is 5.91 Å². The maximum absolute atomic E-state index is 12.2. The van der Waals surface area contributed by atoms with Gasteiger partial charge in [-0.05, 0) is 51.1 Å². The summed E-state index contributed by atoms with van der Waals surface area (Å²) in [6, 6.07) is 2.02. The van der Waals surface area contributed by atoms with Crippen LogP contribution in [0.25, 0.3) is 0 Å². The van der Waals surface area contributed by atoms with Crippen LogP contribution in [-0.4, -0.2) is 60.8 Å². The highest BCUT2D eigenvalue weighted by Gasteiger charge is 2.40. The molecule has 0 aromatic carbocycles. The van der Waals surface area contributed by atoms with Gasteiger partial charge in [-0.3, -0.25) is 9.69 Å². The number of likely N-dealkylation sites (tertiary alicyclic amines) is 2. The van der Waals surface area contributed by atoms with E-state index in [1.807, 2.05) is 13.0 Å². The Labute approximate surface area is 144 Å². The normalized spacial score (nSPS) is 21.6. The van der Waals surface area contributed by atoms with Crippen molar-refractivity contribution in [2.75, 3.05) is 39.9 Å². The third-order valence-corrected chi connectivity index (χ3v) is 5.50. The topological polar surface area (TPSA) is 58.8 Å². The van der Waals surface area contributed by atoms with Gasteiger partial charge in [0.05, 0.1) is 12.2 Å². The number of amides is 1. The Balaban J connectivity index is 1.51. The van der Waals surface area contributed by atoms with E-state index in [-0.39, 0.29) is 0 Å². The highest BCUT2D eigenvalue weighted by molar-refractivity contribution is 5.77. The first-order valence-corrected chi connectivity index (χ1v) is 9.01. The fraction of sp³-hybridized carbons (Fsp3) is 0.778. The van der Waals surface area contributed by atoms with E-state index in [4.69, 9.17) is 9.26 Å². The van der Waals surface area contributed by atoms with Crippen molar-refractivity contribution in [3.05, 3.63) is 17.5 Å². The van der Waals surface area contributed by atoms with Gasteiger partial charge in [0.25, 0.3) is 0 Å². The van der Waals surface area contributed by atoms with Gasteiger partial charge in [0.1, 0.15) is 0 Å². The molecule has 3 heterocycles. The van der Waals surface area contributed by atoms with E-state index >= 15 is 0 Å². The van der Waals surface area contributed by atoms with E-state index in [2.05, 4.69) is 15.0 Å². The molecule has 0 atom stereocenters. The largest absolute Gasteiger partial charge is 0.385 e. The second kappa shape index (κ2) is 7.66. The van der Waals surface area contributed by atoms with Gasteiger partial charge >= 0.3 is 0 Å². The van der Waals surface area contributed by atoms with Gasteiger partial charge < -0.3 is 14.2 Å². The minimum absolute atomic E-state index is 0.314. The highest BCUT2D eigenvalue weighted by Crippen LogP contribution is 2.40. The molecule has 2 saturated heterocycles. The van der Waals surface area contributed by atoms with Crippen LogP contribution in [0.15, 0.2) is 10.6 Å². The van der Waals surface area contributed by atoms with Crippen LogP contribution in [0.2, 0.25) is 0 Å². The Morgan fingerprint density at radius 1 is 1.33 bits per heavy atom. The van der Waals surface area contributed by atoms with Crippen LogP contribution < -0.4 is 0 Å². The van der Waals surface area contributed by atoms with Crippen LogP contribution in [0.5, 0.6) is 0 Å². The third-order valence-electron chi connectivity index (χ3n) is 5.50. The number of carbonyl (C=O) groups excluding carboxylic acids is 1. The number of hydrogen-bond acceptors (Lipinski definition) is 5. The Morgan fingerprint density at radius 3 is 2.79 bits per heavy atom. The number of piperidine rings is 2. The van der Waals surface area contributed by atoms with Crippen molar-refractivity contribution in [1.82, 2.24) is 15.0 Å². The average molecular weight is 335 g/mol. The van der Waals surface area contributed by atoms with Crippen molar-refractivity contribution in [1.29, 1.82) is 0 Å². The lowest BCUT2D eigenvalue weighted by molar-refractivity contribution is -0.139. The van der Waals surface area contributed by atoms with Crippen LogP contribution in [0.1, 0.15) is 43.6 Å². The smallest absolute Gasteiger partial charge is 0.222 e. The SMILES string of the molecule is COCCCN1CC2(CCC1=O)CCN(Cc1cc(C)no1)CC2. The molecule has 6 heteroatoms. The first-order valence-electron chi connectivity index (χ1n) is 9.01. The number of hydrogen-bond donors (Lipinski definition) is 0. The molecule has 6 nitrogen and oxygen atoms in total. The number of carbonyl (C=O) groups is 1. The van der Waals surface area contributed by atoms with E-state index in [1.54, 1.807) is 7.11 Å². The summed E-state index contributed by atoms with van der Waals surface area (Å²) in [6.45, 7) is 7.41. The van der Waals surface area contributed by atoms with Crippen molar-refractivity contribution in [3.8, 4) is 0 Å². The van der Waals surface area contributed by atoms with Crippen LogP contribution in [0.3, 0.4) is 0 Å². The summed E-state index contributed by atoms with van der Waals surface area (Å²) in [5, 5.41) is 3.96. The minimum Gasteiger partial charge on any atom is -0.385 e. The predicted molar refractivity (Wildman–Crippen MR) is 90.5 cm³/mol. The number of nitrogens with zero attached hydrogens (tertiary/aromatic N) is 3. The molecule has 134 valence electrons. The highest BCUT2D eigenvalue weighted by atomic mass is 16.5. The molecule has 2 fully saturated rings. The molecule has 0 radical (unpaired) electrons. The van der Waals surface area contributed by atoms with Gasteiger partial charge in [0.2, 0.25) is 5.91 Å². The van der Waals surface area contributed by atoms with Crippen molar-refractivity contribution < 1.29 is 14.1 Å². The number of aryl methyl sites for hydroxylation is 1. The summed E-state index contributed by atoms with van der Waals surface area (Å²) in [6.07, 6.45) is 4.99. The Morgan fingerprint density at radius 2 is 2.12 bits per heavy atom. The van der Waals surface area contributed by atoms with Gasteiger partial charge in [-0.1, -0.05) is 5.16 Å².